The van der Waals surface area contributed by atoms with Gasteiger partial charge >= 0.3 is 0 Å². The first-order valence-corrected chi connectivity index (χ1v) is 9.41. The Bertz CT molecular complexity index is 553. The Morgan fingerprint density at radius 3 is 2.54 bits per heavy atom. The average Bonchev–Trinajstić information content (AvgIpc) is 2.98. The summed E-state index contributed by atoms with van der Waals surface area (Å²) in [6.07, 6.45) is 0. The predicted octanol–water partition coefficient (Wildman–Crippen LogP) is 1.92. The van der Waals surface area contributed by atoms with Gasteiger partial charge < -0.3 is 19.0 Å². The van der Waals surface area contributed by atoms with Gasteiger partial charge in [-0.1, -0.05) is 0 Å². The molecule has 1 fully saturated rings. The minimum Gasteiger partial charge on any atom is -0.464 e. The third-order valence-electron chi connectivity index (χ3n) is 3.88. The second-order valence-corrected chi connectivity index (χ2v) is 7.10. The zero-order valence-corrected chi connectivity index (χ0v) is 15.4. The molecule has 134 valence electrons. The van der Waals surface area contributed by atoms with Crippen LogP contribution in [0.1, 0.15) is 25.4 Å². The molecule has 0 bridgehead atoms. The van der Waals surface area contributed by atoms with Gasteiger partial charge in [0, 0.05) is 19.1 Å². The molecule has 2 rings (SSSR count). The van der Waals surface area contributed by atoms with E-state index in [1.54, 1.807) is 9.80 Å². The lowest BCUT2D eigenvalue weighted by molar-refractivity contribution is -0.132. The second kappa shape index (κ2) is 9.13. The van der Waals surface area contributed by atoms with E-state index < -0.39 is 0 Å². The number of hydrogen-bond acceptors (Lipinski definition) is 5. The molecular weight excluding hydrogens is 328 g/mol. The van der Waals surface area contributed by atoms with E-state index in [1.165, 1.54) is 11.8 Å². The summed E-state index contributed by atoms with van der Waals surface area (Å²) in [4.78, 5) is 28.1. The lowest BCUT2D eigenvalue weighted by Crippen LogP contribution is -2.42. The molecular formula is C17H26N2O4S. The smallest absolute Gasteiger partial charge is 0.233 e. The third-order valence-corrected chi connectivity index (χ3v) is 4.78. The number of furan rings is 1. The Balaban J connectivity index is 1.78. The van der Waals surface area contributed by atoms with Crippen molar-refractivity contribution in [3.8, 4) is 0 Å². The molecule has 1 aliphatic rings. The van der Waals surface area contributed by atoms with E-state index in [1.807, 2.05) is 32.9 Å². The van der Waals surface area contributed by atoms with Crippen molar-refractivity contribution in [2.24, 2.45) is 0 Å². The number of hydrogen-bond donors (Lipinski definition) is 0. The van der Waals surface area contributed by atoms with Gasteiger partial charge in [0.1, 0.15) is 11.5 Å². The zero-order chi connectivity index (χ0) is 17.5. The number of aryl methyl sites for hydroxylation is 1. The van der Waals surface area contributed by atoms with Crippen LogP contribution in [-0.4, -0.2) is 65.5 Å². The number of ether oxygens (including phenoxy) is 1. The summed E-state index contributed by atoms with van der Waals surface area (Å²) < 4.78 is 10.8. The average molecular weight is 354 g/mol. The van der Waals surface area contributed by atoms with Crippen molar-refractivity contribution in [3.63, 3.8) is 0 Å². The van der Waals surface area contributed by atoms with Gasteiger partial charge in [0.25, 0.3) is 0 Å². The molecule has 0 spiro atoms. The molecule has 0 unspecified atom stereocenters. The molecule has 24 heavy (non-hydrogen) atoms. The fraction of sp³-hybridized carbons (Fsp3) is 0.647. The Morgan fingerprint density at radius 1 is 1.25 bits per heavy atom. The maximum absolute atomic E-state index is 12.5. The lowest BCUT2D eigenvalue weighted by Gasteiger charge is -2.27. The van der Waals surface area contributed by atoms with Gasteiger partial charge in [0.05, 0.1) is 31.3 Å². The van der Waals surface area contributed by atoms with Crippen molar-refractivity contribution in [2.45, 2.75) is 33.4 Å². The van der Waals surface area contributed by atoms with Crippen LogP contribution in [0.2, 0.25) is 0 Å². The zero-order valence-electron chi connectivity index (χ0n) is 14.6. The molecule has 0 radical (unpaired) electrons. The van der Waals surface area contributed by atoms with Crippen LogP contribution in [0.5, 0.6) is 0 Å². The van der Waals surface area contributed by atoms with Gasteiger partial charge in [0.2, 0.25) is 11.8 Å². The van der Waals surface area contributed by atoms with Crippen LogP contribution in [-0.2, 0) is 20.9 Å². The van der Waals surface area contributed by atoms with Crippen LogP contribution >= 0.6 is 11.8 Å². The van der Waals surface area contributed by atoms with Crippen LogP contribution < -0.4 is 0 Å². The summed E-state index contributed by atoms with van der Waals surface area (Å²) in [6.45, 7) is 8.79. The fourth-order valence-electron chi connectivity index (χ4n) is 2.51. The molecule has 0 atom stereocenters. The topological polar surface area (TPSA) is 63.0 Å². The van der Waals surface area contributed by atoms with E-state index >= 15 is 0 Å². The van der Waals surface area contributed by atoms with E-state index in [0.717, 1.165) is 11.5 Å². The Kier molecular flexibility index (Phi) is 7.17. The first-order chi connectivity index (χ1) is 11.5. The summed E-state index contributed by atoms with van der Waals surface area (Å²) in [7, 11) is 0. The normalized spacial score (nSPS) is 14.9. The molecule has 2 heterocycles. The van der Waals surface area contributed by atoms with Crippen LogP contribution in [0.3, 0.4) is 0 Å². The third kappa shape index (κ3) is 5.56. The summed E-state index contributed by atoms with van der Waals surface area (Å²) in [6, 6.07) is 3.87. The van der Waals surface area contributed by atoms with E-state index in [0.29, 0.717) is 44.4 Å². The molecule has 2 amide bonds. The Hall–Kier alpha value is -1.47. The predicted molar refractivity (Wildman–Crippen MR) is 93.9 cm³/mol. The van der Waals surface area contributed by atoms with Gasteiger partial charge in [0.15, 0.2) is 0 Å². The van der Waals surface area contributed by atoms with Gasteiger partial charge in [-0.05, 0) is 32.9 Å². The molecule has 1 aromatic heterocycles. The molecule has 0 saturated carbocycles. The number of amides is 2. The van der Waals surface area contributed by atoms with Crippen molar-refractivity contribution in [3.05, 3.63) is 23.7 Å². The highest BCUT2D eigenvalue weighted by Gasteiger charge is 2.21. The number of thioether (sulfide) groups is 1. The van der Waals surface area contributed by atoms with Crippen molar-refractivity contribution in [1.82, 2.24) is 9.80 Å². The van der Waals surface area contributed by atoms with Gasteiger partial charge in [-0.15, -0.1) is 11.8 Å². The van der Waals surface area contributed by atoms with Crippen molar-refractivity contribution in [1.29, 1.82) is 0 Å². The highest BCUT2D eigenvalue weighted by molar-refractivity contribution is 8.00. The molecule has 6 nitrogen and oxygen atoms in total. The van der Waals surface area contributed by atoms with Gasteiger partial charge in [-0.2, -0.15) is 0 Å². The summed E-state index contributed by atoms with van der Waals surface area (Å²) in [5, 5.41) is 0. The number of morpholine rings is 1. The standard InChI is InChI=1S/C17H26N2O4S/c1-13(2)19(10-15-5-4-14(3)23-15)17(21)12-24-11-16(20)18-6-8-22-9-7-18/h4-5,13H,6-12H2,1-3H3. The first-order valence-electron chi connectivity index (χ1n) is 8.25. The van der Waals surface area contributed by atoms with E-state index in [2.05, 4.69) is 0 Å². The fourth-order valence-corrected chi connectivity index (χ4v) is 3.31. The second-order valence-electron chi connectivity index (χ2n) is 6.11. The quantitative estimate of drug-likeness (QED) is 0.748. The summed E-state index contributed by atoms with van der Waals surface area (Å²) >= 11 is 1.37. The summed E-state index contributed by atoms with van der Waals surface area (Å²) in [5.41, 5.74) is 0. The first kappa shape index (κ1) is 18.9. The van der Waals surface area contributed by atoms with Gasteiger partial charge in [-0.25, -0.2) is 0 Å². The maximum atomic E-state index is 12.5. The molecule has 1 aliphatic heterocycles. The van der Waals surface area contributed by atoms with E-state index in [-0.39, 0.29) is 17.9 Å². The Labute approximate surface area is 147 Å². The molecule has 1 saturated heterocycles. The summed E-state index contributed by atoms with van der Waals surface area (Å²) in [5.74, 6) is 2.36. The van der Waals surface area contributed by atoms with Crippen LogP contribution in [0.15, 0.2) is 16.5 Å². The molecule has 1 aromatic rings. The number of carbonyl (C=O) groups is 2. The highest BCUT2D eigenvalue weighted by atomic mass is 32.2. The minimum atomic E-state index is 0.0267. The largest absolute Gasteiger partial charge is 0.464 e. The van der Waals surface area contributed by atoms with Crippen LogP contribution in [0, 0.1) is 6.92 Å². The van der Waals surface area contributed by atoms with Crippen LogP contribution in [0.25, 0.3) is 0 Å². The Morgan fingerprint density at radius 2 is 1.96 bits per heavy atom. The molecule has 0 aliphatic carbocycles. The monoisotopic (exact) mass is 354 g/mol. The van der Waals surface area contributed by atoms with E-state index in [9.17, 15) is 9.59 Å². The minimum absolute atomic E-state index is 0.0267. The maximum Gasteiger partial charge on any atom is 0.233 e. The molecule has 7 heteroatoms. The lowest BCUT2D eigenvalue weighted by atomic mass is 10.3. The van der Waals surface area contributed by atoms with E-state index in [4.69, 9.17) is 9.15 Å². The number of nitrogens with zero attached hydrogens (tertiary/aromatic N) is 2. The number of carbonyl (C=O) groups excluding carboxylic acids is 2. The van der Waals surface area contributed by atoms with Crippen molar-refractivity contribution < 1.29 is 18.7 Å². The SMILES string of the molecule is Cc1ccc(CN(C(=O)CSCC(=O)N2CCOCC2)C(C)C)o1. The van der Waals surface area contributed by atoms with Crippen molar-refractivity contribution >= 4 is 23.6 Å². The number of rotatable bonds is 7. The van der Waals surface area contributed by atoms with Crippen LogP contribution in [0.4, 0.5) is 0 Å². The van der Waals surface area contributed by atoms with Crippen molar-refractivity contribution in [2.75, 3.05) is 37.8 Å². The van der Waals surface area contributed by atoms with Gasteiger partial charge in [-0.3, -0.25) is 9.59 Å². The molecule has 0 aromatic carbocycles. The highest BCUT2D eigenvalue weighted by Crippen LogP contribution is 2.14. The molecule has 0 N–H and O–H groups in total.